The molecule has 0 bridgehead atoms. The monoisotopic (exact) mass is 475 g/mol. The molecule has 0 aliphatic carbocycles. The van der Waals surface area contributed by atoms with Crippen molar-refractivity contribution in [3.05, 3.63) is 29.8 Å². The Kier molecular flexibility index (Phi) is 11.0. The molecule has 1 aliphatic heterocycles. The molecule has 0 saturated carbocycles. The highest BCUT2D eigenvalue weighted by Crippen LogP contribution is 2.28. The van der Waals surface area contributed by atoms with Crippen LogP contribution in [0.1, 0.15) is 38.7 Å². The molecule has 0 aromatic heterocycles. The van der Waals surface area contributed by atoms with Gasteiger partial charge in [-0.05, 0) is 37.0 Å². The predicted octanol–water partition coefficient (Wildman–Crippen LogP) is 3.74. The zero-order valence-electron chi connectivity index (χ0n) is 16.5. The molecule has 6 heteroatoms. The molecule has 1 fully saturated rings. The predicted molar refractivity (Wildman–Crippen MR) is 119 cm³/mol. The number of ether oxygens (including phenoxy) is 2. The van der Waals surface area contributed by atoms with E-state index in [-0.39, 0.29) is 24.0 Å². The molecule has 1 N–H and O–H groups in total. The normalized spacial score (nSPS) is 17.3. The Balaban J connectivity index is 0.00000338. The first-order valence-corrected chi connectivity index (χ1v) is 9.39. The summed E-state index contributed by atoms with van der Waals surface area (Å²) in [5.41, 5.74) is 1.37. The lowest BCUT2D eigenvalue weighted by molar-refractivity contribution is 0.116. The number of rotatable bonds is 8. The van der Waals surface area contributed by atoms with Crippen molar-refractivity contribution in [1.82, 2.24) is 10.2 Å². The van der Waals surface area contributed by atoms with Gasteiger partial charge in [-0.3, -0.25) is 4.99 Å². The Morgan fingerprint density at radius 3 is 2.65 bits per heavy atom. The number of halogens is 1. The van der Waals surface area contributed by atoms with E-state index in [0.29, 0.717) is 25.0 Å². The number of aliphatic imine (C=N–C) groups is 1. The first-order chi connectivity index (χ1) is 12.1. The van der Waals surface area contributed by atoms with Gasteiger partial charge in [0, 0.05) is 32.2 Å². The van der Waals surface area contributed by atoms with Gasteiger partial charge in [0.1, 0.15) is 5.75 Å². The Hall–Kier alpha value is -1.02. The summed E-state index contributed by atoms with van der Waals surface area (Å²) >= 11 is 0. The number of nitrogens with zero attached hydrogens (tertiary/aromatic N) is 2. The minimum Gasteiger partial charge on any atom is -0.497 e. The highest BCUT2D eigenvalue weighted by atomic mass is 127. The number of methoxy groups -OCH3 is 1. The van der Waals surface area contributed by atoms with Gasteiger partial charge in [-0.25, -0.2) is 0 Å². The molecule has 1 saturated heterocycles. The van der Waals surface area contributed by atoms with Gasteiger partial charge in [0.15, 0.2) is 5.96 Å². The maximum Gasteiger partial charge on any atom is 0.194 e. The summed E-state index contributed by atoms with van der Waals surface area (Å²) in [6, 6.07) is 8.44. The SMILES string of the molecule is CCNC(=NCCOCC(C)C)N1CCC(c2ccc(OC)cc2)C1.I. The van der Waals surface area contributed by atoms with Gasteiger partial charge in [0.05, 0.1) is 20.3 Å². The molecule has 1 aromatic carbocycles. The number of nitrogens with one attached hydrogen (secondary N) is 1. The van der Waals surface area contributed by atoms with Crippen LogP contribution < -0.4 is 10.1 Å². The quantitative estimate of drug-likeness (QED) is 0.269. The minimum absolute atomic E-state index is 0. The van der Waals surface area contributed by atoms with Crippen LogP contribution in [0.15, 0.2) is 29.3 Å². The second kappa shape index (κ2) is 12.4. The van der Waals surface area contributed by atoms with Crippen LogP contribution >= 0.6 is 24.0 Å². The number of guanidine groups is 1. The molecule has 0 spiro atoms. The van der Waals surface area contributed by atoms with E-state index in [1.165, 1.54) is 5.56 Å². The summed E-state index contributed by atoms with van der Waals surface area (Å²) in [6.07, 6.45) is 1.15. The van der Waals surface area contributed by atoms with Gasteiger partial charge < -0.3 is 19.7 Å². The zero-order chi connectivity index (χ0) is 18.1. The van der Waals surface area contributed by atoms with E-state index in [4.69, 9.17) is 14.5 Å². The fourth-order valence-corrected chi connectivity index (χ4v) is 3.06. The van der Waals surface area contributed by atoms with Crippen molar-refractivity contribution in [2.24, 2.45) is 10.9 Å². The van der Waals surface area contributed by atoms with Crippen LogP contribution in [-0.2, 0) is 4.74 Å². The van der Waals surface area contributed by atoms with Crippen molar-refractivity contribution in [2.75, 3.05) is 46.5 Å². The van der Waals surface area contributed by atoms with Gasteiger partial charge in [-0.15, -0.1) is 24.0 Å². The smallest absolute Gasteiger partial charge is 0.194 e. The van der Waals surface area contributed by atoms with Crippen molar-refractivity contribution in [1.29, 1.82) is 0 Å². The molecule has 1 atom stereocenters. The van der Waals surface area contributed by atoms with Crippen molar-refractivity contribution < 1.29 is 9.47 Å². The zero-order valence-corrected chi connectivity index (χ0v) is 18.9. The maximum absolute atomic E-state index is 5.63. The van der Waals surface area contributed by atoms with Crippen LogP contribution in [0.3, 0.4) is 0 Å². The van der Waals surface area contributed by atoms with Crippen LogP contribution in [0, 0.1) is 5.92 Å². The van der Waals surface area contributed by atoms with E-state index < -0.39 is 0 Å². The van der Waals surface area contributed by atoms with Crippen molar-refractivity contribution in [3.8, 4) is 5.75 Å². The third kappa shape index (κ3) is 7.31. The molecule has 5 nitrogen and oxygen atoms in total. The lowest BCUT2D eigenvalue weighted by Crippen LogP contribution is -2.40. The Morgan fingerprint density at radius 1 is 1.31 bits per heavy atom. The van der Waals surface area contributed by atoms with Gasteiger partial charge in [-0.2, -0.15) is 0 Å². The minimum atomic E-state index is 0. The average molecular weight is 475 g/mol. The highest BCUT2D eigenvalue weighted by Gasteiger charge is 2.26. The van der Waals surface area contributed by atoms with Crippen molar-refractivity contribution in [2.45, 2.75) is 33.1 Å². The molecule has 1 aromatic rings. The van der Waals surface area contributed by atoms with Gasteiger partial charge in [0.2, 0.25) is 0 Å². The van der Waals surface area contributed by atoms with Gasteiger partial charge in [-0.1, -0.05) is 26.0 Å². The molecule has 1 heterocycles. The molecule has 26 heavy (non-hydrogen) atoms. The van der Waals surface area contributed by atoms with Crippen LogP contribution in [0.2, 0.25) is 0 Å². The van der Waals surface area contributed by atoms with E-state index in [0.717, 1.165) is 44.4 Å². The fourth-order valence-electron chi connectivity index (χ4n) is 3.06. The first-order valence-electron chi connectivity index (χ1n) is 9.39. The Morgan fingerprint density at radius 2 is 2.04 bits per heavy atom. The van der Waals surface area contributed by atoms with E-state index >= 15 is 0 Å². The number of benzene rings is 1. The maximum atomic E-state index is 5.63. The van der Waals surface area contributed by atoms with Gasteiger partial charge >= 0.3 is 0 Å². The number of hydrogen-bond donors (Lipinski definition) is 1. The topological polar surface area (TPSA) is 46.1 Å². The molecular weight excluding hydrogens is 441 g/mol. The molecule has 0 radical (unpaired) electrons. The van der Waals surface area contributed by atoms with E-state index in [2.05, 4.69) is 43.1 Å². The third-order valence-corrected chi connectivity index (χ3v) is 4.36. The first kappa shape index (κ1) is 23.0. The van der Waals surface area contributed by atoms with Crippen molar-refractivity contribution in [3.63, 3.8) is 0 Å². The van der Waals surface area contributed by atoms with Crippen LogP contribution in [0.5, 0.6) is 5.75 Å². The lowest BCUT2D eigenvalue weighted by Gasteiger charge is -2.22. The number of likely N-dealkylation sites (tertiary alicyclic amines) is 1. The van der Waals surface area contributed by atoms with Crippen molar-refractivity contribution >= 4 is 29.9 Å². The van der Waals surface area contributed by atoms with Gasteiger partial charge in [0.25, 0.3) is 0 Å². The fraction of sp³-hybridized carbons (Fsp3) is 0.650. The standard InChI is InChI=1S/C20H33N3O2.HI/c1-5-21-20(22-11-13-25-15-16(2)3)23-12-10-18(14-23)17-6-8-19(24-4)9-7-17;/h6-9,16,18H,5,10-15H2,1-4H3,(H,21,22);1H. The van der Waals surface area contributed by atoms with Crippen LogP contribution in [0.4, 0.5) is 0 Å². The summed E-state index contributed by atoms with van der Waals surface area (Å²) in [5, 5.41) is 3.41. The average Bonchev–Trinajstić information content (AvgIpc) is 3.10. The van der Waals surface area contributed by atoms with E-state index in [1.54, 1.807) is 7.11 Å². The Labute approximate surface area is 175 Å². The summed E-state index contributed by atoms with van der Waals surface area (Å²) in [5.74, 6) is 3.04. The number of hydrogen-bond acceptors (Lipinski definition) is 3. The Bertz CT molecular complexity index is 534. The summed E-state index contributed by atoms with van der Waals surface area (Å²) in [4.78, 5) is 7.10. The highest BCUT2D eigenvalue weighted by molar-refractivity contribution is 14.0. The largest absolute Gasteiger partial charge is 0.497 e. The summed E-state index contributed by atoms with van der Waals surface area (Å²) in [7, 11) is 1.70. The molecule has 0 amide bonds. The molecule has 1 aliphatic rings. The molecule has 1 unspecified atom stereocenters. The second-order valence-electron chi connectivity index (χ2n) is 6.91. The summed E-state index contributed by atoms with van der Waals surface area (Å²) in [6.45, 7) is 11.6. The van der Waals surface area contributed by atoms with E-state index in [9.17, 15) is 0 Å². The molecule has 148 valence electrons. The van der Waals surface area contributed by atoms with E-state index in [1.807, 2.05) is 12.1 Å². The summed E-state index contributed by atoms with van der Waals surface area (Å²) < 4.78 is 10.9. The molecule has 2 rings (SSSR count). The lowest BCUT2D eigenvalue weighted by atomic mass is 9.98. The second-order valence-corrected chi connectivity index (χ2v) is 6.91. The van der Waals surface area contributed by atoms with Crippen LogP contribution in [-0.4, -0.2) is 57.4 Å². The van der Waals surface area contributed by atoms with Crippen LogP contribution in [0.25, 0.3) is 0 Å². The molecular formula is C20H34IN3O2. The third-order valence-electron chi connectivity index (χ3n) is 4.36.